The van der Waals surface area contributed by atoms with Crippen molar-refractivity contribution in [2.75, 3.05) is 26.3 Å². The number of rotatable bonds is 7. The van der Waals surface area contributed by atoms with Crippen LogP contribution >= 0.6 is 15.9 Å². The Hall–Kier alpha value is -0.610. The number of hydrogen-bond acceptors (Lipinski definition) is 3. The molecule has 0 aromatic carbocycles. The predicted molar refractivity (Wildman–Crippen MR) is 71.9 cm³/mol. The summed E-state index contributed by atoms with van der Waals surface area (Å²) in [6.07, 6.45) is 6.63. The lowest BCUT2D eigenvalue weighted by molar-refractivity contribution is -0.113. The van der Waals surface area contributed by atoms with Gasteiger partial charge in [-0.25, -0.2) is 0 Å². The molecule has 0 aromatic rings. The van der Waals surface area contributed by atoms with E-state index in [4.69, 9.17) is 4.74 Å². The molecule has 16 heavy (non-hydrogen) atoms. The molecule has 0 aromatic heterocycles. The van der Waals surface area contributed by atoms with Gasteiger partial charge in [0, 0.05) is 24.6 Å². The van der Waals surface area contributed by atoms with Crippen molar-refractivity contribution < 1.29 is 4.74 Å². The minimum atomic E-state index is 0.256. The summed E-state index contributed by atoms with van der Waals surface area (Å²) in [5.74, 6) is 0. The molecule has 1 aliphatic heterocycles. The predicted octanol–water partition coefficient (Wildman–Crippen LogP) is 2.80. The zero-order chi connectivity index (χ0) is 11.9. The highest BCUT2D eigenvalue weighted by atomic mass is 79.9. The van der Waals surface area contributed by atoms with Crippen LogP contribution in [-0.2, 0) is 4.74 Å². The van der Waals surface area contributed by atoms with Gasteiger partial charge >= 0.3 is 0 Å². The molecular formula is C12H19BrN2O. The van der Waals surface area contributed by atoms with Gasteiger partial charge in [0.15, 0.2) is 0 Å². The summed E-state index contributed by atoms with van der Waals surface area (Å²) in [5.41, 5.74) is 0.256. The van der Waals surface area contributed by atoms with Crippen molar-refractivity contribution in [1.82, 2.24) is 5.01 Å². The highest BCUT2D eigenvalue weighted by Crippen LogP contribution is 2.27. The molecule has 1 aliphatic rings. The summed E-state index contributed by atoms with van der Waals surface area (Å²) < 4.78 is 5.24. The van der Waals surface area contributed by atoms with E-state index in [1.54, 1.807) is 0 Å². The molecule has 0 atom stereocenters. The zero-order valence-corrected chi connectivity index (χ0v) is 11.3. The number of allylic oxidation sites excluding steroid dienone is 1. The molecule has 1 heterocycles. The van der Waals surface area contributed by atoms with Crippen molar-refractivity contribution in [3.8, 4) is 0 Å². The molecule has 0 radical (unpaired) electrons. The first-order valence-corrected chi connectivity index (χ1v) is 6.33. The average molecular weight is 287 g/mol. The van der Waals surface area contributed by atoms with Crippen LogP contribution in [-0.4, -0.2) is 37.5 Å². The number of hydrogen-bond donors (Lipinski definition) is 0. The molecule has 0 aliphatic carbocycles. The second-order valence-corrected chi connectivity index (χ2v) is 4.86. The first kappa shape index (κ1) is 13.5. The van der Waals surface area contributed by atoms with Crippen LogP contribution in [0.2, 0.25) is 0 Å². The van der Waals surface area contributed by atoms with E-state index in [2.05, 4.69) is 34.5 Å². The van der Waals surface area contributed by atoms with Crippen molar-refractivity contribution >= 4 is 22.1 Å². The first-order chi connectivity index (χ1) is 7.70. The molecule has 1 saturated heterocycles. The Morgan fingerprint density at radius 1 is 1.56 bits per heavy atom. The summed E-state index contributed by atoms with van der Waals surface area (Å²) in [4.78, 5) is 1.85. The van der Waals surface area contributed by atoms with Gasteiger partial charge < -0.3 is 4.74 Å². The van der Waals surface area contributed by atoms with Gasteiger partial charge in [0.1, 0.15) is 0 Å². The highest BCUT2D eigenvalue weighted by Gasteiger charge is 2.34. The third-order valence-electron chi connectivity index (χ3n) is 2.38. The summed E-state index contributed by atoms with van der Waals surface area (Å²) >= 11 is 3.23. The lowest BCUT2D eigenvalue weighted by atomic mass is 9.88. The minimum absolute atomic E-state index is 0.256. The maximum Gasteiger partial charge on any atom is 0.0559 e. The smallest absolute Gasteiger partial charge is 0.0559 e. The normalized spacial score (nSPS) is 18.9. The Morgan fingerprint density at radius 3 is 2.81 bits per heavy atom. The topological polar surface area (TPSA) is 24.8 Å². The molecule has 0 bridgehead atoms. The fourth-order valence-corrected chi connectivity index (χ4v) is 1.77. The third kappa shape index (κ3) is 4.49. The number of ether oxygens (including phenoxy) is 1. The molecule has 4 heteroatoms. The van der Waals surface area contributed by atoms with E-state index in [1.165, 1.54) is 0 Å². The van der Waals surface area contributed by atoms with Gasteiger partial charge in [-0.15, -0.1) is 6.58 Å². The van der Waals surface area contributed by atoms with E-state index in [0.29, 0.717) is 0 Å². The SMILES string of the molecule is C=CCN(CC1(C)COC1)/N=C\C/C=C/Br. The Kier molecular flexibility index (Phi) is 5.77. The Morgan fingerprint density at radius 2 is 2.31 bits per heavy atom. The quantitative estimate of drug-likeness (QED) is 0.408. The van der Waals surface area contributed by atoms with Gasteiger partial charge in [-0.05, 0) is 4.99 Å². The van der Waals surface area contributed by atoms with Crippen LogP contribution in [0.15, 0.2) is 28.8 Å². The average Bonchev–Trinajstić information content (AvgIpc) is 2.22. The largest absolute Gasteiger partial charge is 0.380 e. The van der Waals surface area contributed by atoms with E-state index in [0.717, 1.165) is 32.7 Å². The lowest BCUT2D eigenvalue weighted by Crippen LogP contribution is -2.47. The number of nitrogens with zero attached hydrogens (tertiary/aromatic N) is 2. The molecule has 0 amide bonds. The monoisotopic (exact) mass is 286 g/mol. The maximum atomic E-state index is 5.24. The van der Waals surface area contributed by atoms with Crippen molar-refractivity contribution in [1.29, 1.82) is 0 Å². The summed E-state index contributed by atoms with van der Waals surface area (Å²) in [5, 5.41) is 6.47. The minimum Gasteiger partial charge on any atom is -0.380 e. The van der Waals surface area contributed by atoms with Gasteiger partial charge in [0.2, 0.25) is 0 Å². The van der Waals surface area contributed by atoms with Gasteiger partial charge in [-0.2, -0.15) is 5.10 Å². The highest BCUT2D eigenvalue weighted by molar-refractivity contribution is 9.11. The van der Waals surface area contributed by atoms with Crippen molar-refractivity contribution in [3.05, 3.63) is 23.7 Å². The Labute approximate surface area is 106 Å². The van der Waals surface area contributed by atoms with Gasteiger partial charge in [-0.1, -0.05) is 35.0 Å². The van der Waals surface area contributed by atoms with Crippen LogP contribution in [0.3, 0.4) is 0 Å². The molecule has 0 N–H and O–H groups in total. The molecular weight excluding hydrogens is 268 g/mol. The van der Waals surface area contributed by atoms with Gasteiger partial charge in [0.05, 0.1) is 19.8 Å². The van der Waals surface area contributed by atoms with Crippen molar-refractivity contribution in [3.63, 3.8) is 0 Å². The van der Waals surface area contributed by atoms with Crippen LogP contribution in [0.1, 0.15) is 13.3 Å². The van der Waals surface area contributed by atoms with Crippen LogP contribution < -0.4 is 0 Å². The zero-order valence-electron chi connectivity index (χ0n) is 9.73. The maximum absolute atomic E-state index is 5.24. The third-order valence-corrected chi connectivity index (χ3v) is 2.75. The van der Waals surface area contributed by atoms with Crippen LogP contribution in [0.5, 0.6) is 0 Å². The molecule has 1 fully saturated rings. The number of hydrazone groups is 1. The fourth-order valence-electron chi connectivity index (χ4n) is 1.56. The molecule has 0 spiro atoms. The molecule has 0 saturated carbocycles. The lowest BCUT2D eigenvalue weighted by Gasteiger charge is -2.40. The van der Waals surface area contributed by atoms with Gasteiger partial charge in [-0.3, -0.25) is 5.01 Å². The molecule has 0 unspecified atom stereocenters. The van der Waals surface area contributed by atoms with E-state index in [1.807, 2.05) is 28.4 Å². The van der Waals surface area contributed by atoms with E-state index in [-0.39, 0.29) is 5.41 Å². The van der Waals surface area contributed by atoms with Crippen molar-refractivity contribution in [2.45, 2.75) is 13.3 Å². The fraction of sp³-hybridized carbons (Fsp3) is 0.583. The number of halogens is 1. The second kappa shape index (κ2) is 6.86. The van der Waals surface area contributed by atoms with E-state index in [9.17, 15) is 0 Å². The van der Waals surface area contributed by atoms with E-state index < -0.39 is 0 Å². The summed E-state index contributed by atoms with van der Waals surface area (Å²) in [6.45, 7) is 9.34. The Bertz CT molecular complexity index is 272. The standard InChI is InChI=1S/C12H19BrN2O/c1-3-8-15(14-7-5-4-6-13)9-12(2)10-16-11-12/h3-4,6-7H,1,5,8-11H2,2H3/b6-4+,14-7-. The van der Waals surface area contributed by atoms with Gasteiger partial charge in [0.25, 0.3) is 0 Å². The Balaban J connectivity index is 2.40. The van der Waals surface area contributed by atoms with Crippen LogP contribution in [0.4, 0.5) is 0 Å². The molecule has 1 rings (SSSR count). The summed E-state index contributed by atoms with van der Waals surface area (Å²) in [7, 11) is 0. The van der Waals surface area contributed by atoms with Crippen LogP contribution in [0.25, 0.3) is 0 Å². The summed E-state index contributed by atoms with van der Waals surface area (Å²) in [6, 6.07) is 0. The second-order valence-electron chi connectivity index (χ2n) is 4.33. The molecule has 3 nitrogen and oxygen atoms in total. The van der Waals surface area contributed by atoms with Crippen LogP contribution in [0, 0.1) is 5.41 Å². The van der Waals surface area contributed by atoms with E-state index >= 15 is 0 Å². The first-order valence-electron chi connectivity index (χ1n) is 5.41. The molecule has 90 valence electrons. The van der Waals surface area contributed by atoms with Crippen molar-refractivity contribution in [2.24, 2.45) is 10.5 Å².